The van der Waals surface area contributed by atoms with Crippen LogP contribution in [0.4, 0.5) is 17.3 Å². The van der Waals surface area contributed by atoms with Crippen LogP contribution in [0.1, 0.15) is 30.4 Å². The average molecular weight is 513 g/mol. The number of carbonyl (C=O) groups excluding carboxylic acids is 1. The summed E-state index contributed by atoms with van der Waals surface area (Å²) in [5.74, 6) is 7.82. The number of fused-ring (bicyclic) bond motifs is 2. The molecular weight excluding hydrogens is 488 g/mol. The Morgan fingerprint density at radius 1 is 1.08 bits per heavy atom. The predicted octanol–water partition coefficient (Wildman–Crippen LogP) is 4.80. The van der Waals surface area contributed by atoms with E-state index in [0.717, 1.165) is 57.3 Å². The number of hydrogen-bond acceptors (Lipinski definition) is 7. The van der Waals surface area contributed by atoms with Gasteiger partial charge in [-0.05, 0) is 49.2 Å². The molecule has 0 spiro atoms. The van der Waals surface area contributed by atoms with Gasteiger partial charge in [-0.2, -0.15) is 5.26 Å². The molecule has 0 bridgehead atoms. The number of aryl methyl sites for hydroxylation is 1. The zero-order valence-electron chi connectivity index (χ0n) is 21.3. The maximum absolute atomic E-state index is 12.4. The molecule has 3 heterocycles. The van der Waals surface area contributed by atoms with Gasteiger partial charge in [0.15, 0.2) is 0 Å². The van der Waals surface area contributed by atoms with Gasteiger partial charge < -0.3 is 10.2 Å². The van der Waals surface area contributed by atoms with Crippen LogP contribution in [0, 0.1) is 29.1 Å². The van der Waals surface area contributed by atoms with Crippen LogP contribution in [0.5, 0.6) is 0 Å². The van der Waals surface area contributed by atoms with Gasteiger partial charge in [0.25, 0.3) is 0 Å². The number of amides is 1. The number of carbonyl (C=O) groups is 1. The number of nitrogens with zero attached hydrogens (tertiary/aromatic N) is 7. The summed E-state index contributed by atoms with van der Waals surface area (Å²) in [4.78, 5) is 23.7. The summed E-state index contributed by atoms with van der Waals surface area (Å²) in [7, 11) is 1.96. The topological polar surface area (TPSA) is 113 Å². The van der Waals surface area contributed by atoms with Crippen LogP contribution in [-0.2, 0) is 11.3 Å². The smallest absolute Gasteiger partial charge is 0.228 e. The molecule has 1 fully saturated rings. The van der Waals surface area contributed by atoms with Gasteiger partial charge in [0.05, 0.1) is 30.1 Å². The normalized spacial score (nSPS) is 12.5. The Balaban J connectivity index is 1.41. The molecule has 0 aliphatic heterocycles. The molecule has 0 atom stereocenters. The summed E-state index contributed by atoms with van der Waals surface area (Å²) in [6, 6.07) is 19.7. The van der Waals surface area contributed by atoms with Gasteiger partial charge >= 0.3 is 0 Å². The second-order valence-electron chi connectivity index (χ2n) is 9.44. The van der Waals surface area contributed by atoms with E-state index in [9.17, 15) is 4.79 Å². The number of para-hydroxylation sites is 1. The molecule has 1 saturated carbocycles. The molecule has 39 heavy (non-hydrogen) atoms. The van der Waals surface area contributed by atoms with Crippen molar-refractivity contribution in [3.8, 4) is 17.9 Å². The molecule has 190 valence electrons. The minimum Gasteiger partial charge on any atom is -0.329 e. The molecule has 3 aromatic heterocycles. The first-order valence-electron chi connectivity index (χ1n) is 12.7. The Labute approximate surface area is 225 Å². The van der Waals surface area contributed by atoms with Crippen molar-refractivity contribution in [3.05, 3.63) is 78.1 Å². The monoisotopic (exact) mass is 512 g/mol. The first-order chi connectivity index (χ1) is 19.1. The quantitative estimate of drug-likeness (QED) is 0.325. The molecular formula is C30H24N8O. The molecule has 0 saturated heterocycles. The van der Waals surface area contributed by atoms with Crippen LogP contribution in [-0.4, -0.2) is 37.9 Å². The summed E-state index contributed by atoms with van der Waals surface area (Å²) in [6.45, 7) is 0.469. The number of hydrogen-bond donors (Lipinski definition) is 1. The molecule has 1 aliphatic carbocycles. The van der Waals surface area contributed by atoms with E-state index in [1.54, 1.807) is 17.1 Å². The fourth-order valence-electron chi connectivity index (χ4n) is 4.41. The average Bonchev–Trinajstić information content (AvgIpc) is 3.75. The van der Waals surface area contributed by atoms with Gasteiger partial charge in [0, 0.05) is 47.4 Å². The van der Waals surface area contributed by atoms with Crippen molar-refractivity contribution in [2.45, 2.75) is 25.8 Å². The molecule has 1 N–H and O–H groups in total. The predicted molar refractivity (Wildman–Crippen MR) is 149 cm³/mol. The Kier molecular flexibility index (Phi) is 6.32. The largest absolute Gasteiger partial charge is 0.329 e. The second kappa shape index (κ2) is 10.2. The fourth-order valence-corrected chi connectivity index (χ4v) is 4.41. The Bertz CT molecular complexity index is 1810. The van der Waals surface area contributed by atoms with Crippen molar-refractivity contribution < 1.29 is 4.79 Å². The molecule has 0 radical (unpaired) electrons. The van der Waals surface area contributed by atoms with Gasteiger partial charge in [-0.25, -0.2) is 14.6 Å². The third kappa shape index (κ3) is 4.98. The van der Waals surface area contributed by atoms with Crippen LogP contribution in [0.15, 0.2) is 67.0 Å². The SMILES string of the molecule is CN(c1ccccc1)c1ncc(C#Cc2ccc3nnn(CCC#N)c3c2)c2cc(NC(=O)C3CC3)ncc12. The summed E-state index contributed by atoms with van der Waals surface area (Å²) in [5, 5.41) is 21.9. The number of pyridine rings is 2. The highest BCUT2D eigenvalue weighted by molar-refractivity contribution is 6.00. The zero-order valence-corrected chi connectivity index (χ0v) is 21.3. The minimum atomic E-state index is 0.0000823. The van der Waals surface area contributed by atoms with Crippen molar-refractivity contribution in [2.75, 3.05) is 17.3 Å². The van der Waals surface area contributed by atoms with Gasteiger partial charge in [-0.3, -0.25) is 4.79 Å². The maximum atomic E-state index is 12.4. The molecule has 9 heteroatoms. The van der Waals surface area contributed by atoms with Crippen molar-refractivity contribution in [1.29, 1.82) is 5.26 Å². The van der Waals surface area contributed by atoms with Crippen molar-refractivity contribution >= 4 is 45.0 Å². The van der Waals surface area contributed by atoms with Crippen LogP contribution in [0.3, 0.4) is 0 Å². The van der Waals surface area contributed by atoms with E-state index in [4.69, 9.17) is 10.2 Å². The molecule has 2 aromatic carbocycles. The Hall–Kier alpha value is -5.28. The standard InChI is InChI=1S/C30H24N8O/c1-37(23-6-3-2-4-7-23)29-25-19-32-28(34-30(39)21-11-12-21)17-24(25)22(18-33-29)10-8-20-9-13-26-27(16-20)38(36-35-26)15-5-14-31/h2-4,6-7,9,13,16-19,21H,5,11-12,15H2,1H3,(H,32,34,39). The van der Waals surface area contributed by atoms with Crippen molar-refractivity contribution in [3.63, 3.8) is 0 Å². The van der Waals surface area contributed by atoms with E-state index in [0.29, 0.717) is 18.8 Å². The van der Waals surface area contributed by atoms with Crippen molar-refractivity contribution in [2.24, 2.45) is 5.92 Å². The van der Waals surface area contributed by atoms with E-state index in [-0.39, 0.29) is 11.8 Å². The zero-order chi connectivity index (χ0) is 26.8. The van der Waals surface area contributed by atoms with E-state index >= 15 is 0 Å². The van der Waals surface area contributed by atoms with Crippen LogP contribution >= 0.6 is 0 Å². The van der Waals surface area contributed by atoms with Crippen LogP contribution in [0.2, 0.25) is 0 Å². The fraction of sp³-hybridized carbons (Fsp3) is 0.200. The van der Waals surface area contributed by atoms with Gasteiger partial charge in [-0.1, -0.05) is 35.3 Å². The van der Waals surface area contributed by atoms with Gasteiger partial charge in [0.2, 0.25) is 5.91 Å². The van der Waals surface area contributed by atoms with Crippen LogP contribution in [0.25, 0.3) is 21.8 Å². The molecule has 1 amide bonds. The summed E-state index contributed by atoms with van der Waals surface area (Å²) < 4.78 is 1.72. The highest BCUT2D eigenvalue weighted by atomic mass is 16.2. The molecule has 0 unspecified atom stereocenters. The molecule has 9 nitrogen and oxygen atoms in total. The lowest BCUT2D eigenvalue weighted by Gasteiger charge is -2.20. The van der Waals surface area contributed by atoms with Gasteiger partial charge in [0.1, 0.15) is 17.2 Å². The van der Waals surface area contributed by atoms with Crippen LogP contribution < -0.4 is 10.2 Å². The maximum Gasteiger partial charge on any atom is 0.228 e. The number of nitrogens with one attached hydrogen (secondary N) is 1. The first kappa shape index (κ1) is 24.1. The number of nitriles is 1. The number of rotatable bonds is 6. The van der Waals surface area contributed by atoms with E-state index in [1.165, 1.54) is 0 Å². The van der Waals surface area contributed by atoms with E-state index in [2.05, 4.69) is 38.5 Å². The summed E-state index contributed by atoms with van der Waals surface area (Å²) in [6.07, 6.45) is 5.69. The second-order valence-corrected chi connectivity index (χ2v) is 9.44. The third-order valence-corrected chi connectivity index (χ3v) is 6.70. The Morgan fingerprint density at radius 3 is 2.72 bits per heavy atom. The van der Waals surface area contributed by atoms with E-state index in [1.807, 2.05) is 66.5 Å². The summed E-state index contributed by atoms with van der Waals surface area (Å²) >= 11 is 0. The highest BCUT2D eigenvalue weighted by Gasteiger charge is 2.30. The molecule has 1 aliphatic rings. The lowest BCUT2D eigenvalue weighted by atomic mass is 10.1. The Morgan fingerprint density at radius 2 is 1.92 bits per heavy atom. The van der Waals surface area contributed by atoms with E-state index < -0.39 is 0 Å². The molecule has 6 rings (SSSR count). The lowest BCUT2D eigenvalue weighted by Crippen LogP contribution is -2.15. The highest BCUT2D eigenvalue weighted by Crippen LogP contribution is 2.33. The number of benzene rings is 2. The number of anilines is 3. The summed E-state index contributed by atoms with van der Waals surface area (Å²) in [5.41, 5.74) is 4.08. The number of aromatic nitrogens is 5. The minimum absolute atomic E-state index is 0.0000823. The van der Waals surface area contributed by atoms with Gasteiger partial charge in [-0.15, -0.1) is 5.10 Å². The lowest BCUT2D eigenvalue weighted by molar-refractivity contribution is -0.117. The van der Waals surface area contributed by atoms with Crippen molar-refractivity contribution in [1.82, 2.24) is 25.0 Å². The first-order valence-corrected chi connectivity index (χ1v) is 12.7. The third-order valence-electron chi connectivity index (χ3n) is 6.70. The molecule has 5 aromatic rings.